The molecule has 2 N–H and O–H groups in total. The molecule has 0 radical (unpaired) electrons. The Kier molecular flexibility index (Phi) is 7.37. The van der Waals surface area contributed by atoms with Gasteiger partial charge in [-0.2, -0.15) is 0 Å². The van der Waals surface area contributed by atoms with Gasteiger partial charge in [0.25, 0.3) is 17.7 Å². The lowest BCUT2D eigenvalue weighted by atomic mass is 9.86. The lowest BCUT2D eigenvalue weighted by molar-refractivity contribution is -0.907. The number of amides is 1. The summed E-state index contributed by atoms with van der Waals surface area (Å²) < 4.78 is 11.0. The van der Waals surface area contributed by atoms with Gasteiger partial charge in [-0.05, 0) is 30.2 Å². The molecule has 148 valence electrons. The third kappa shape index (κ3) is 5.85. The summed E-state index contributed by atoms with van der Waals surface area (Å²) in [5.41, 5.74) is 0. The molecule has 2 heterocycles. The second kappa shape index (κ2) is 9.96. The van der Waals surface area contributed by atoms with E-state index in [-0.39, 0.29) is 5.91 Å². The Hall–Kier alpha value is -1.77. The van der Waals surface area contributed by atoms with Crippen molar-refractivity contribution in [2.45, 2.75) is 45.2 Å². The quantitative estimate of drug-likeness (QED) is 0.675. The first-order valence-electron chi connectivity index (χ1n) is 9.64. The molecule has 1 fully saturated rings. The van der Waals surface area contributed by atoms with E-state index < -0.39 is 0 Å². The largest absolute Gasteiger partial charge is 0.414 e. The Labute approximate surface area is 164 Å². The fourth-order valence-corrected chi connectivity index (χ4v) is 4.18. The summed E-state index contributed by atoms with van der Waals surface area (Å²) in [5.74, 6) is 1.71. The van der Waals surface area contributed by atoms with E-state index in [9.17, 15) is 4.79 Å². The highest BCUT2D eigenvalue weighted by Gasteiger charge is 2.25. The maximum Gasteiger partial charge on any atom is 0.275 e. The lowest BCUT2D eigenvalue weighted by Crippen LogP contribution is -3.12. The molecule has 1 aliphatic rings. The summed E-state index contributed by atoms with van der Waals surface area (Å²) in [6.07, 6.45) is 4.73. The Balaban J connectivity index is 1.57. The second-order valence-electron chi connectivity index (χ2n) is 7.26. The van der Waals surface area contributed by atoms with Crippen LogP contribution in [0.5, 0.6) is 0 Å². The standard InChI is InChI=1S/C19H28N4O3S/c1-14-6-3-4-7-15(14)20-17(24)12-23(9-10-25-2)13-18-21-22-19(26-18)16-8-5-11-27-16/h5,8,11,14-15H,3-4,6-7,9-10,12-13H2,1-2H3,(H,20,24)/p+1/t14-,15+/m1/s1. The van der Waals surface area contributed by atoms with E-state index in [2.05, 4.69) is 22.4 Å². The van der Waals surface area contributed by atoms with Gasteiger partial charge in [-0.25, -0.2) is 0 Å². The molecule has 8 heteroatoms. The maximum atomic E-state index is 12.6. The van der Waals surface area contributed by atoms with Crippen LogP contribution in [0.25, 0.3) is 10.8 Å². The zero-order valence-electron chi connectivity index (χ0n) is 16.1. The van der Waals surface area contributed by atoms with Crippen molar-refractivity contribution in [3.05, 3.63) is 23.4 Å². The van der Waals surface area contributed by atoms with E-state index in [0.717, 1.165) is 16.2 Å². The number of aromatic nitrogens is 2. The van der Waals surface area contributed by atoms with Gasteiger partial charge < -0.3 is 19.4 Å². The first-order chi connectivity index (χ1) is 13.2. The van der Waals surface area contributed by atoms with Gasteiger partial charge in [0.2, 0.25) is 0 Å². The number of hydrogen-bond donors (Lipinski definition) is 2. The van der Waals surface area contributed by atoms with Gasteiger partial charge in [0.15, 0.2) is 13.1 Å². The molecule has 3 atom stereocenters. The molecule has 3 rings (SSSR count). The van der Waals surface area contributed by atoms with Crippen LogP contribution in [-0.4, -0.2) is 49.0 Å². The lowest BCUT2D eigenvalue weighted by Gasteiger charge is -2.29. The van der Waals surface area contributed by atoms with Crippen LogP contribution >= 0.6 is 11.3 Å². The van der Waals surface area contributed by atoms with Crippen LogP contribution in [0.15, 0.2) is 21.9 Å². The van der Waals surface area contributed by atoms with E-state index in [1.54, 1.807) is 18.4 Å². The highest BCUT2D eigenvalue weighted by Crippen LogP contribution is 2.24. The van der Waals surface area contributed by atoms with E-state index in [1.807, 2.05) is 17.5 Å². The third-order valence-electron chi connectivity index (χ3n) is 5.13. The molecule has 2 aromatic heterocycles. The van der Waals surface area contributed by atoms with Crippen molar-refractivity contribution in [1.82, 2.24) is 15.5 Å². The number of methoxy groups -OCH3 is 1. The van der Waals surface area contributed by atoms with Crippen LogP contribution in [0.2, 0.25) is 0 Å². The highest BCUT2D eigenvalue weighted by molar-refractivity contribution is 7.13. The number of hydrogen-bond acceptors (Lipinski definition) is 6. The Morgan fingerprint density at radius 2 is 2.26 bits per heavy atom. The van der Waals surface area contributed by atoms with Crippen molar-refractivity contribution in [2.75, 3.05) is 26.8 Å². The molecule has 7 nitrogen and oxygen atoms in total. The van der Waals surface area contributed by atoms with Crippen molar-refractivity contribution >= 4 is 17.2 Å². The van der Waals surface area contributed by atoms with Crippen molar-refractivity contribution in [1.29, 1.82) is 0 Å². The molecule has 2 aromatic rings. The number of thiophene rings is 1. The van der Waals surface area contributed by atoms with E-state index in [1.165, 1.54) is 19.3 Å². The molecule has 0 aromatic carbocycles. The third-order valence-corrected chi connectivity index (χ3v) is 5.99. The van der Waals surface area contributed by atoms with E-state index in [4.69, 9.17) is 9.15 Å². The summed E-state index contributed by atoms with van der Waals surface area (Å²) in [6, 6.07) is 4.20. The molecule has 0 spiro atoms. The van der Waals surface area contributed by atoms with Gasteiger partial charge in [0.05, 0.1) is 11.5 Å². The molecule has 27 heavy (non-hydrogen) atoms. The van der Waals surface area contributed by atoms with Crippen molar-refractivity contribution in [3.63, 3.8) is 0 Å². The fraction of sp³-hybridized carbons (Fsp3) is 0.632. The maximum absolute atomic E-state index is 12.6. The molecule has 1 amide bonds. The smallest absolute Gasteiger partial charge is 0.275 e. The average Bonchev–Trinajstić information content (AvgIpc) is 3.33. The monoisotopic (exact) mass is 393 g/mol. The molecule has 1 unspecified atom stereocenters. The molecule has 1 saturated carbocycles. The van der Waals surface area contributed by atoms with E-state index in [0.29, 0.717) is 50.0 Å². The molecule has 0 bridgehead atoms. The summed E-state index contributed by atoms with van der Waals surface area (Å²) in [4.78, 5) is 14.6. The van der Waals surface area contributed by atoms with Crippen molar-refractivity contribution < 1.29 is 18.8 Å². The minimum Gasteiger partial charge on any atom is -0.414 e. The predicted molar refractivity (Wildman–Crippen MR) is 103 cm³/mol. The topological polar surface area (TPSA) is 81.7 Å². The molecule has 0 saturated heterocycles. The first kappa shape index (κ1) is 20.0. The number of ether oxygens (including phenoxy) is 1. The van der Waals surface area contributed by atoms with Gasteiger partial charge in [-0.3, -0.25) is 4.79 Å². The highest BCUT2D eigenvalue weighted by atomic mass is 32.1. The SMILES string of the molecule is COCC[NH+](CC(=O)N[C@H]1CCCC[C@H]1C)Cc1nnc(-c2cccs2)o1. The summed E-state index contributed by atoms with van der Waals surface area (Å²) >= 11 is 1.57. The zero-order chi connectivity index (χ0) is 19.1. The average molecular weight is 394 g/mol. The van der Waals surface area contributed by atoms with Crippen LogP contribution in [-0.2, 0) is 16.1 Å². The van der Waals surface area contributed by atoms with Gasteiger partial charge in [-0.1, -0.05) is 25.8 Å². The number of nitrogens with one attached hydrogen (secondary N) is 2. The minimum absolute atomic E-state index is 0.0813. The van der Waals surface area contributed by atoms with Crippen LogP contribution < -0.4 is 10.2 Å². The van der Waals surface area contributed by atoms with Crippen molar-refractivity contribution in [3.8, 4) is 10.8 Å². The number of rotatable bonds is 9. The minimum atomic E-state index is 0.0813. The summed E-state index contributed by atoms with van der Waals surface area (Å²) in [6.45, 7) is 4.40. The molecular formula is C19H29N4O3S+. The van der Waals surface area contributed by atoms with Gasteiger partial charge in [0, 0.05) is 13.2 Å². The van der Waals surface area contributed by atoms with Gasteiger partial charge in [-0.15, -0.1) is 21.5 Å². The first-order valence-corrected chi connectivity index (χ1v) is 10.5. The Morgan fingerprint density at radius 1 is 1.41 bits per heavy atom. The van der Waals surface area contributed by atoms with Crippen LogP contribution in [0.1, 0.15) is 38.5 Å². The fourth-order valence-electron chi connectivity index (χ4n) is 3.54. The van der Waals surface area contributed by atoms with Gasteiger partial charge >= 0.3 is 0 Å². The predicted octanol–water partition coefficient (Wildman–Crippen LogP) is 1.52. The van der Waals surface area contributed by atoms with Crippen LogP contribution in [0.4, 0.5) is 0 Å². The zero-order valence-corrected chi connectivity index (χ0v) is 16.9. The molecular weight excluding hydrogens is 364 g/mol. The number of carbonyl (C=O) groups excluding carboxylic acids is 1. The number of quaternary nitrogens is 1. The summed E-state index contributed by atoms with van der Waals surface area (Å²) in [7, 11) is 1.67. The summed E-state index contributed by atoms with van der Waals surface area (Å²) in [5, 5.41) is 13.5. The molecule has 1 aliphatic carbocycles. The van der Waals surface area contributed by atoms with Crippen LogP contribution in [0.3, 0.4) is 0 Å². The number of carbonyl (C=O) groups is 1. The molecule has 0 aliphatic heterocycles. The van der Waals surface area contributed by atoms with Crippen molar-refractivity contribution in [2.24, 2.45) is 5.92 Å². The number of nitrogens with zero attached hydrogens (tertiary/aromatic N) is 2. The van der Waals surface area contributed by atoms with Crippen LogP contribution in [0, 0.1) is 5.92 Å². The van der Waals surface area contributed by atoms with Gasteiger partial charge in [0.1, 0.15) is 6.54 Å². The van der Waals surface area contributed by atoms with E-state index >= 15 is 0 Å². The Morgan fingerprint density at radius 3 is 3.00 bits per heavy atom. The normalized spacial score (nSPS) is 21.1. The Bertz CT molecular complexity index is 704. The second-order valence-corrected chi connectivity index (χ2v) is 8.21.